The van der Waals surface area contributed by atoms with Crippen LogP contribution in [0.5, 0.6) is 11.5 Å². The van der Waals surface area contributed by atoms with Gasteiger partial charge >= 0.3 is 0 Å². The number of amides is 2. The molecule has 4 atom stereocenters. The second-order valence-corrected chi connectivity index (χ2v) is 8.38. The first-order valence-corrected chi connectivity index (χ1v) is 10.7. The van der Waals surface area contributed by atoms with E-state index in [2.05, 4.69) is 5.10 Å². The fourth-order valence-corrected chi connectivity index (χ4v) is 4.97. The number of ketones is 1. The molecule has 3 aliphatic heterocycles. The van der Waals surface area contributed by atoms with Gasteiger partial charge in [0.15, 0.2) is 17.3 Å². The highest BCUT2D eigenvalue weighted by Crippen LogP contribution is 2.46. The molecular weight excluding hydrogens is 446 g/mol. The van der Waals surface area contributed by atoms with Crippen LogP contribution in [-0.2, 0) is 9.59 Å². The van der Waals surface area contributed by atoms with Crippen molar-refractivity contribution >= 4 is 41.1 Å². The largest absolute Gasteiger partial charge is 0.493 e. The van der Waals surface area contributed by atoms with Crippen molar-refractivity contribution in [2.75, 3.05) is 19.1 Å². The molecule has 8 nitrogen and oxygen atoms in total. The van der Waals surface area contributed by atoms with Gasteiger partial charge in [-0.15, -0.1) is 0 Å². The summed E-state index contributed by atoms with van der Waals surface area (Å²) in [5, 5.41) is 6.43. The molecule has 0 unspecified atom stereocenters. The summed E-state index contributed by atoms with van der Waals surface area (Å²) in [4.78, 5) is 41.9. The third kappa shape index (κ3) is 3.21. The molecule has 2 amide bonds. The number of hydrazone groups is 1. The molecule has 2 aromatic rings. The molecule has 3 heterocycles. The van der Waals surface area contributed by atoms with Crippen LogP contribution in [-0.4, -0.2) is 55.1 Å². The number of anilines is 1. The van der Waals surface area contributed by atoms with Gasteiger partial charge in [0.05, 0.1) is 37.8 Å². The van der Waals surface area contributed by atoms with E-state index in [0.29, 0.717) is 27.8 Å². The summed E-state index contributed by atoms with van der Waals surface area (Å²) < 4.78 is 10.6. The maximum absolute atomic E-state index is 13.7. The second kappa shape index (κ2) is 8.04. The van der Waals surface area contributed by atoms with Crippen molar-refractivity contribution in [3.63, 3.8) is 0 Å². The van der Waals surface area contributed by atoms with Crippen LogP contribution >= 0.6 is 11.6 Å². The lowest BCUT2D eigenvalue weighted by Gasteiger charge is -2.30. The second-order valence-electron chi connectivity index (χ2n) is 7.94. The maximum Gasteiger partial charge on any atom is 0.240 e. The van der Waals surface area contributed by atoms with Gasteiger partial charge in [0.25, 0.3) is 0 Å². The summed E-state index contributed by atoms with van der Waals surface area (Å²) in [6, 6.07) is 9.88. The zero-order chi connectivity index (χ0) is 23.3. The highest BCUT2D eigenvalue weighted by atomic mass is 35.5. The van der Waals surface area contributed by atoms with E-state index in [-0.39, 0.29) is 11.7 Å². The van der Waals surface area contributed by atoms with E-state index in [1.165, 1.54) is 14.2 Å². The zero-order valence-electron chi connectivity index (χ0n) is 17.8. The molecule has 0 aromatic heterocycles. The fourth-order valence-electron chi connectivity index (χ4n) is 4.84. The molecule has 5 rings (SSSR count). The topological polar surface area (TPSA) is 88.5 Å². The number of fused-ring (bicyclic) bond motifs is 3. The molecule has 0 spiro atoms. The fraction of sp³-hybridized carbons (Fsp3) is 0.250. The Morgan fingerprint density at radius 2 is 1.67 bits per heavy atom. The Kier molecular flexibility index (Phi) is 5.17. The summed E-state index contributed by atoms with van der Waals surface area (Å²) in [5.74, 6) is -1.82. The Hall–Kier alpha value is -3.65. The molecule has 0 radical (unpaired) electrons. The standard InChI is InChI=1S/C24H20ClN3O5/c1-32-17-10-5-13(12-18(17)33-2)22(29)21-20-19(16-4-3-11-26-28(16)21)23(30)27(24(20)31)15-8-6-14(25)7-9-15/h3-12,16,19-21H,1-2H3/t16-,19-,20-,21+/m1/s1. The van der Waals surface area contributed by atoms with Gasteiger partial charge in [0.2, 0.25) is 11.8 Å². The Morgan fingerprint density at radius 1 is 0.970 bits per heavy atom. The molecule has 9 heteroatoms. The van der Waals surface area contributed by atoms with Gasteiger partial charge in [0.1, 0.15) is 6.04 Å². The number of allylic oxidation sites excluding steroid dienone is 1. The number of methoxy groups -OCH3 is 2. The van der Waals surface area contributed by atoms with Gasteiger partial charge in [-0.3, -0.25) is 19.4 Å². The minimum absolute atomic E-state index is 0.319. The van der Waals surface area contributed by atoms with Crippen LogP contribution < -0.4 is 14.4 Å². The van der Waals surface area contributed by atoms with Crippen LogP contribution in [0.15, 0.2) is 59.7 Å². The van der Waals surface area contributed by atoms with Crippen molar-refractivity contribution in [3.8, 4) is 11.5 Å². The summed E-state index contributed by atoms with van der Waals surface area (Å²) in [7, 11) is 2.99. The lowest BCUT2D eigenvalue weighted by molar-refractivity contribution is -0.123. The van der Waals surface area contributed by atoms with Crippen LogP contribution in [0, 0.1) is 11.8 Å². The highest BCUT2D eigenvalue weighted by Gasteiger charge is 2.64. The predicted molar refractivity (Wildman–Crippen MR) is 122 cm³/mol. The minimum atomic E-state index is -0.937. The van der Waals surface area contributed by atoms with Crippen LogP contribution in [0.25, 0.3) is 0 Å². The van der Waals surface area contributed by atoms with Crippen molar-refractivity contribution in [2.24, 2.45) is 16.9 Å². The number of halogens is 1. The van der Waals surface area contributed by atoms with Crippen molar-refractivity contribution in [1.29, 1.82) is 0 Å². The van der Waals surface area contributed by atoms with Crippen molar-refractivity contribution < 1.29 is 23.9 Å². The summed E-state index contributed by atoms with van der Waals surface area (Å²) in [6.45, 7) is 0. The van der Waals surface area contributed by atoms with Gasteiger partial charge in [-0.25, -0.2) is 4.90 Å². The van der Waals surface area contributed by atoms with E-state index in [9.17, 15) is 14.4 Å². The number of rotatable bonds is 5. The third-order valence-electron chi connectivity index (χ3n) is 6.31. The Balaban J connectivity index is 1.56. The monoisotopic (exact) mass is 465 g/mol. The van der Waals surface area contributed by atoms with Gasteiger partial charge in [0, 0.05) is 16.8 Å². The number of hydrogen-bond donors (Lipinski definition) is 0. The molecule has 0 N–H and O–H groups in total. The first kappa shape index (κ1) is 21.2. The average molecular weight is 466 g/mol. The SMILES string of the molecule is COc1ccc(C(=O)[C@@H]2[C@@H]3C(=O)N(c4ccc(Cl)cc4)C(=O)[C@@H]3[C@H]3C=CC=NN32)cc1OC. The average Bonchev–Trinajstić information content (AvgIpc) is 3.31. The van der Waals surface area contributed by atoms with E-state index >= 15 is 0 Å². The lowest BCUT2D eigenvalue weighted by Crippen LogP contribution is -2.46. The number of carbonyl (C=O) groups is 3. The molecule has 0 saturated carbocycles. The molecule has 168 valence electrons. The molecular formula is C24H20ClN3O5. The summed E-state index contributed by atoms with van der Waals surface area (Å²) >= 11 is 5.97. The maximum atomic E-state index is 13.7. The number of ether oxygens (including phenoxy) is 2. The first-order valence-electron chi connectivity index (χ1n) is 10.3. The van der Waals surface area contributed by atoms with Gasteiger partial charge in [-0.1, -0.05) is 17.7 Å². The number of Topliss-reactive ketones (excluding diaryl/α,β-unsaturated/α-hetero) is 1. The molecule has 33 heavy (non-hydrogen) atoms. The highest BCUT2D eigenvalue weighted by molar-refractivity contribution is 6.31. The number of nitrogens with zero attached hydrogens (tertiary/aromatic N) is 3. The van der Waals surface area contributed by atoms with E-state index < -0.39 is 29.8 Å². The molecule has 3 aliphatic rings. The first-order chi connectivity index (χ1) is 16.0. The smallest absolute Gasteiger partial charge is 0.240 e. The van der Waals surface area contributed by atoms with Crippen LogP contribution in [0.4, 0.5) is 5.69 Å². The van der Waals surface area contributed by atoms with Crippen molar-refractivity contribution in [3.05, 3.63) is 65.2 Å². The van der Waals surface area contributed by atoms with Crippen molar-refractivity contribution in [1.82, 2.24) is 5.01 Å². The Morgan fingerprint density at radius 3 is 2.36 bits per heavy atom. The van der Waals surface area contributed by atoms with E-state index in [1.54, 1.807) is 59.8 Å². The molecule has 0 aliphatic carbocycles. The van der Waals surface area contributed by atoms with Crippen LogP contribution in [0.1, 0.15) is 10.4 Å². The number of benzene rings is 2. The molecule has 0 bridgehead atoms. The van der Waals surface area contributed by atoms with Crippen molar-refractivity contribution in [2.45, 2.75) is 12.1 Å². The van der Waals surface area contributed by atoms with E-state index in [0.717, 1.165) is 4.90 Å². The zero-order valence-corrected chi connectivity index (χ0v) is 18.6. The number of carbonyl (C=O) groups excluding carboxylic acids is 3. The number of hydrogen-bond acceptors (Lipinski definition) is 7. The van der Waals surface area contributed by atoms with Gasteiger partial charge in [-0.05, 0) is 48.5 Å². The molecule has 2 fully saturated rings. The Bertz CT molecular complexity index is 1210. The molecule has 2 saturated heterocycles. The van der Waals surface area contributed by atoms with Gasteiger partial charge < -0.3 is 9.47 Å². The third-order valence-corrected chi connectivity index (χ3v) is 6.56. The predicted octanol–water partition coefficient (Wildman–Crippen LogP) is 2.95. The normalized spacial score (nSPS) is 25.3. The van der Waals surface area contributed by atoms with E-state index in [1.807, 2.05) is 6.08 Å². The Labute approximate surface area is 195 Å². The quantitative estimate of drug-likeness (QED) is 0.498. The minimum Gasteiger partial charge on any atom is -0.493 e. The lowest BCUT2D eigenvalue weighted by atomic mass is 9.86. The van der Waals surface area contributed by atoms with E-state index in [4.69, 9.17) is 21.1 Å². The summed E-state index contributed by atoms with van der Waals surface area (Å²) in [5.41, 5.74) is 0.767. The van der Waals surface area contributed by atoms with Crippen LogP contribution in [0.3, 0.4) is 0 Å². The molecule has 2 aromatic carbocycles. The van der Waals surface area contributed by atoms with Gasteiger partial charge in [-0.2, -0.15) is 5.10 Å². The van der Waals surface area contributed by atoms with Crippen LogP contribution in [0.2, 0.25) is 5.02 Å². The summed E-state index contributed by atoms with van der Waals surface area (Å²) in [6.07, 6.45) is 5.09. The number of imide groups is 1.